The summed E-state index contributed by atoms with van der Waals surface area (Å²) in [7, 11) is -4.30. The van der Waals surface area contributed by atoms with Gasteiger partial charge >= 0.3 is 17.9 Å². The second-order valence-corrected chi connectivity index (χ2v) is 19.8. The maximum atomic E-state index is 13.4. The highest BCUT2D eigenvalue weighted by atomic mass is 32.2. The minimum absolute atomic E-state index is 0.0643. The van der Waals surface area contributed by atoms with Crippen molar-refractivity contribution >= 4 is 51.6 Å². The summed E-state index contributed by atoms with van der Waals surface area (Å²) in [6.07, 6.45) is 5.95. The number of carbonyl (C=O) groups excluding carboxylic acids is 5. The van der Waals surface area contributed by atoms with Gasteiger partial charge in [-0.3, -0.25) is 28.5 Å². The monoisotopic (exact) mass is 807 g/mol. The number of benzene rings is 1. The quantitative estimate of drug-likeness (QED) is 0.0422. The minimum atomic E-state index is -4.30. The number of Topliss-reactive ketones (excluding diaryl/α,β-unsaturated/α-hetero) is 1. The number of ether oxygens (including phenoxy) is 3. The Bertz CT molecular complexity index is 1690. The Morgan fingerprint density at radius 3 is 1.84 bits per heavy atom. The third-order valence-electron chi connectivity index (χ3n) is 8.90. The molecule has 0 spiro atoms. The van der Waals surface area contributed by atoms with Gasteiger partial charge in [-0.05, 0) is 120 Å². The molecule has 1 aromatic carbocycles. The van der Waals surface area contributed by atoms with Crippen LogP contribution in [-0.2, 0) is 53.7 Å². The van der Waals surface area contributed by atoms with E-state index in [9.17, 15) is 36.9 Å². The van der Waals surface area contributed by atoms with Crippen LogP contribution in [0.4, 0.5) is 5.69 Å². The molecule has 0 bridgehead atoms. The van der Waals surface area contributed by atoms with Crippen molar-refractivity contribution in [2.75, 3.05) is 13.1 Å². The number of carbonyl (C=O) groups is 5. The smallest absolute Gasteiger partial charge is 0.309 e. The van der Waals surface area contributed by atoms with Gasteiger partial charge in [0.2, 0.25) is 11.6 Å². The van der Waals surface area contributed by atoms with Gasteiger partial charge in [0.1, 0.15) is 29.1 Å². The molecular weight excluding hydrogens is 741 g/mol. The van der Waals surface area contributed by atoms with Crippen molar-refractivity contribution in [1.29, 1.82) is 0 Å². The number of ketones is 1. The van der Waals surface area contributed by atoms with Crippen molar-refractivity contribution in [3.05, 3.63) is 23.8 Å². The molecule has 0 saturated carbocycles. The molecule has 1 amide bonds. The van der Waals surface area contributed by atoms with Crippen molar-refractivity contribution in [1.82, 2.24) is 5.32 Å². The highest BCUT2D eigenvalue weighted by Gasteiger charge is 2.38. The SMILES string of the molecule is CC(C)(C)OC(=O)CC[C@H](CC(=O)C[C@H](CCCCNC(=O)CCCCC[N+]1=CC(C)(C)c2cc(S(=O)(=O)O)ccc21)C(=O)OC(C)(C)C)C(=O)OC(C)(C)C. The minimum Gasteiger partial charge on any atom is -0.460 e. The lowest BCUT2D eigenvalue weighted by molar-refractivity contribution is -0.434. The fraction of sp³-hybridized carbons (Fsp3) is 0.714. The van der Waals surface area contributed by atoms with E-state index < -0.39 is 62.1 Å². The molecule has 0 radical (unpaired) electrons. The van der Waals surface area contributed by atoms with Gasteiger partial charge in [-0.1, -0.05) is 6.42 Å². The van der Waals surface area contributed by atoms with Crippen molar-refractivity contribution < 1.29 is 55.7 Å². The van der Waals surface area contributed by atoms with Gasteiger partial charge in [-0.25, -0.2) is 4.58 Å². The Labute approximate surface area is 334 Å². The number of unbranched alkanes of at least 4 members (excludes halogenated alkanes) is 3. The first-order valence-electron chi connectivity index (χ1n) is 19.8. The fourth-order valence-electron chi connectivity index (χ4n) is 6.43. The molecule has 1 aliphatic heterocycles. The number of hydrogen-bond acceptors (Lipinski definition) is 10. The molecule has 0 saturated heterocycles. The van der Waals surface area contributed by atoms with Crippen LogP contribution in [-0.4, -0.2) is 83.3 Å². The third-order valence-corrected chi connectivity index (χ3v) is 9.75. The van der Waals surface area contributed by atoms with E-state index in [1.165, 1.54) is 12.1 Å². The molecule has 2 N–H and O–H groups in total. The number of amides is 1. The Kier molecular flexibility index (Phi) is 17.5. The average Bonchev–Trinajstić information content (AvgIpc) is 3.27. The van der Waals surface area contributed by atoms with Crippen molar-refractivity contribution in [3.63, 3.8) is 0 Å². The molecule has 56 heavy (non-hydrogen) atoms. The molecule has 0 aromatic heterocycles. The van der Waals surface area contributed by atoms with Crippen LogP contribution >= 0.6 is 0 Å². The van der Waals surface area contributed by atoms with Gasteiger partial charge in [0.05, 0.1) is 22.1 Å². The second-order valence-electron chi connectivity index (χ2n) is 18.4. The van der Waals surface area contributed by atoms with Gasteiger partial charge < -0.3 is 19.5 Å². The molecule has 14 heteroatoms. The van der Waals surface area contributed by atoms with Crippen LogP contribution in [0.1, 0.15) is 152 Å². The number of nitrogens with zero attached hydrogens (tertiary/aromatic N) is 1. The molecule has 1 heterocycles. The van der Waals surface area contributed by atoms with E-state index in [0.29, 0.717) is 45.2 Å². The maximum absolute atomic E-state index is 13.4. The highest BCUT2D eigenvalue weighted by molar-refractivity contribution is 7.85. The summed E-state index contributed by atoms with van der Waals surface area (Å²) in [4.78, 5) is 64.5. The lowest BCUT2D eigenvalue weighted by Gasteiger charge is -2.25. The van der Waals surface area contributed by atoms with Crippen LogP contribution in [0.2, 0.25) is 0 Å². The fourth-order valence-corrected chi connectivity index (χ4v) is 6.93. The predicted molar refractivity (Wildman–Crippen MR) is 213 cm³/mol. The Balaban J connectivity index is 1.86. The third kappa shape index (κ3) is 18.1. The molecule has 1 aromatic rings. The summed E-state index contributed by atoms with van der Waals surface area (Å²) in [5.74, 6) is -3.56. The van der Waals surface area contributed by atoms with Crippen LogP contribution < -0.4 is 5.32 Å². The largest absolute Gasteiger partial charge is 0.460 e. The standard InChI is InChI=1S/C42H66N2O11S/c1-39(2,3)53-36(47)22-19-30(38(49)55-41(7,8)9)26-31(45)25-29(37(48)54-40(4,5)6)17-14-15-23-43-35(46)18-13-12-16-24-44-28-42(10,11)33-27-32(56(50,51)52)20-21-34(33)44/h20-21,27-30H,12-19,22-26H2,1-11H3,(H-,43,46,50,51,52)/p+1/t29-,30+/m0/s1. The molecule has 2 rings (SSSR count). The van der Waals surface area contributed by atoms with Gasteiger partial charge in [0, 0.05) is 50.3 Å². The van der Waals surface area contributed by atoms with E-state index in [2.05, 4.69) is 16.1 Å². The Morgan fingerprint density at radius 2 is 1.30 bits per heavy atom. The van der Waals surface area contributed by atoms with Crippen LogP contribution in [0.15, 0.2) is 23.1 Å². The molecule has 316 valence electrons. The zero-order valence-corrected chi connectivity index (χ0v) is 36.4. The van der Waals surface area contributed by atoms with E-state index in [0.717, 1.165) is 24.1 Å². The van der Waals surface area contributed by atoms with E-state index in [1.54, 1.807) is 68.4 Å². The lowest BCUT2D eigenvalue weighted by atomic mass is 9.87. The zero-order chi connectivity index (χ0) is 42.7. The topological polar surface area (TPSA) is 182 Å². The van der Waals surface area contributed by atoms with Gasteiger partial charge in [-0.15, -0.1) is 0 Å². The first-order chi connectivity index (χ1) is 25.6. The molecule has 0 fully saturated rings. The Hall–Kier alpha value is -3.65. The van der Waals surface area contributed by atoms with Gasteiger partial charge in [0.25, 0.3) is 10.1 Å². The van der Waals surface area contributed by atoms with Gasteiger partial charge in [-0.2, -0.15) is 8.42 Å². The van der Waals surface area contributed by atoms with E-state index in [1.807, 2.05) is 13.8 Å². The lowest BCUT2D eigenvalue weighted by Crippen LogP contribution is -2.32. The van der Waals surface area contributed by atoms with Crippen LogP contribution in [0, 0.1) is 11.8 Å². The van der Waals surface area contributed by atoms with Gasteiger partial charge in [0.15, 0.2) is 6.21 Å². The molecule has 2 atom stereocenters. The molecule has 13 nitrogen and oxygen atoms in total. The predicted octanol–water partition coefficient (Wildman–Crippen LogP) is 7.17. The number of esters is 3. The van der Waals surface area contributed by atoms with Crippen LogP contribution in [0.5, 0.6) is 0 Å². The first kappa shape index (κ1) is 48.5. The summed E-state index contributed by atoms with van der Waals surface area (Å²) < 4.78 is 51.4. The zero-order valence-electron chi connectivity index (χ0n) is 35.5. The van der Waals surface area contributed by atoms with Crippen molar-refractivity contribution in [3.8, 4) is 0 Å². The Morgan fingerprint density at radius 1 is 0.750 bits per heavy atom. The summed E-state index contributed by atoms with van der Waals surface area (Å²) in [6.45, 7) is 20.8. The van der Waals surface area contributed by atoms with Crippen LogP contribution in [0.3, 0.4) is 0 Å². The first-order valence-corrected chi connectivity index (χ1v) is 21.2. The number of hydrogen-bond donors (Lipinski definition) is 2. The normalized spacial score (nSPS) is 15.2. The van der Waals surface area contributed by atoms with E-state index >= 15 is 0 Å². The average molecular weight is 808 g/mol. The van der Waals surface area contributed by atoms with Crippen LogP contribution in [0.25, 0.3) is 0 Å². The summed E-state index contributed by atoms with van der Waals surface area (Å²) >= 11 is 0. The molecular formula is C42H67N2O11S+. The maximum Gasteiger partial charge on any atom is 0.309 e. The summed E-state index contributed by atoms with van der Waals surface area (Å²) in [6, 6.07) is 4.63. The van der Waals surface area contributed by atoms with E-state index in [-0.39, 0.29) is 42.3 Å². The molecule has 1 aliphatic rings. The number of fused-ring (bicyclic) bond motifs is 1. The van der Waals surface area contributed by atoms with Crippen molar-refractivity contribution in [2.24, 2.45) is 11.8 Å². The second kappa shape index (κ2) is 20.2. The molecule has 0 unspecified atom stereocenters. The number of rotatable bonds is 21. The highest BCUT2D eigenvalue weighted by Crippen LogP contribution is 2.37. The van der Waals surface area contributed by atoms with Crippen molar-refractivity contribution in [2.45, 2.75) is 174 Å². The number of nitrogens with one attached hydrogen (secondary N) is 1. The van der Waals surface area contributed by atoms with E-state index in [4.69, 9.17) is 14.2 Å². The summed E-state index contributed by atoms with van der Waals surface area (Å²) in [5.41, 5.74) is -0.907. The molecule has 0 aliphatic carbocycles. The summed E-state index contributed by atoms with van der Waals surface area (Å²) in [5, 5.41) is 2.93.